The molecule has 200 valence electrons. The van der Waals surface area contributed by atoms with Crippen molar-refractivity contribution in [1.29, 1.82) is 10.8 Å². The number of fused-ring (bicyclic) bond motifs is 2. The Morgan fingerprint density at radius 1 is 1.13 bits per heavy atom. The molecular formula is C32H31FN2O4. The van der Waals surface area contributed by atoms with Crippen molar-refractivity contribution in [2.45, 2.75) is 52.1 Å². The summed E-state index contributed by atoms with van der Waals surface area (Å²) < 4.78 is 27.2. The van der Waals surface area contributed by atoms with Crippen LogP contribution in [0.1, 0.15) is 65.2 Å². The molecule has 3 N–H and O–H groups in total. The number of hydrogen-bond donors (Lipinski definition) is 3. The molecule has 0 radical (unpaired) electrons. The third-order valence-electron chi connectivity index (χ3n) is 7.46. The van der Waals surface area contributed by atoms with Crippen molar-refractivity contribution in [2.75, 3.05) is 6.61 Å². The van der Waals surface area contributed by atoms with Gasteiger partial charge in [0.25, 0.3) is 0 Å². The number of hydrogen-bond acceptors (Lipinski definition) is 5. The lowest BCUT2D eigenvalue weighted by atomic mass is 9.88. The van der Waals surface area contributed by atoms with Gasteiger partial charge in [-0.05, 0) is 103 Å². The van der Waals surface area contributed by atoms with E-state index in [0.717, 1.165) is 38.9 Å². The Morgan fingerprint density at radius 3 is 2.56 bits per heavy atom. The van der Waals surface area contributed by atoms with E-state index in [9.17, 15) is 4.79 Å². The predicted octanol–water partition coefficient (Wildman–Crippen LogP) is 7.09. The summed E-state index contributed by atoms with van der Waals surface area (Å²) in [6, 6.07) is 12.7. The lowest BCUT2D eigenvalue weighted by molar-refractivity contribution is -0.137. The largest absolute Gasteiger partial charge is 0.492 e. The Balaban J connectivity index is 1.44. The Bertz CT molecular complexity index is 1520. The van der Waals surface area contributed by atoms with Crippen LogP contribution in [0.2, 0.25) is 0 Å². The number of halogens is 1. The smallest absolute Gasteiger partial charge is 0.304 e. The van der Waals surface area contributed by atoms with Crippen LogP contribution in [-0.4, -0.2) is 29.1 Å². The molecule has 2 aliphatic rings. The van der Waals surface area contributed by atoms with Crippen LogP contribution in [-0.2, 0) is 11.2 Å². The molecule has 0 amide bonds. The van der Waals surface area contributed by atoms with Gasteiger partial charge in [-0.15, -0.1) is 0 Å². The van der Waals surface area contributed by atoms with Gasteiger partial charge in [0.1, 0.15) is 23.4 Å². The fourth-order valence-electron chi connectivity index (χ4n) is 5.75. The van der Waals surface area contributed by atoms with Crippen molar-refractivity contribution in [3.8, 4) is 22.6 Å². The molecule has 0 saturated carbocycles. The Hall–Kier alpha value is -4.26. The second kappa shape index (κ2) is 10.5. The highest BCUT2D eigenvalue weighted by Crippen LogP contribution is 2.45. The number of carboxylic acids is 1. The maximum Gasteiger partial charge on any atom is 0.304 e. The number of carbonyl (C=O) groups is 1. The van der Waals surface area contributed by atoms with Gasteiger partial charge in [0.05, 0.1) is 18.7 Å². The molecule has 1 aliphatic carbocycles. The normalized spacial score (nSPS) is 17.5. The molecule has 0 spiro atoms. The molecule has 2 atom stereocenters. The molecule has 0 bridgehead atoms. The summed E-state index contributed by atoms with van der Waals surface area (Å²) in [5.74, 6) is -0.157. The van der Waals surface area contributed by atoms with E-state index in [4.69, 9.17) is 25.4 Å². The SMILES string of the molecule is CC(=N)/C=C\C(=N)c1cc(C)c(-c2ccc(F)c3c2CC[C@H]3Oc2ccc3c(c2)OC[C@H]3CC(=O)O)c(C)c1. The minimum atomic E-state index is -0.862. The number of aryl methyl sites for hydroxylation is 2. The molecule has 7 heteroatoms. The molecule has 0 saturated heterocycles. The van der Waals surface area contributed by atoms with E-state index in [1.54, 1.807) is 31.2 Å². The standard InChI is InChI=1S/C32H31FN2O4/c1-17-12-20(27(35)10-4-19(3)34)13-18(2)31(17)24-7-9-26(33)32-25(24)8-11-28(32)39-22-5-6-23-21(14-30(36)37)16-38-29(23)15-22/h4-7,9-10,12-13,15,21,28,34-35H,8,11,14,16H2,1-3H3,(H,36,37)/b10-4-,34-19?,35-27?/t21-,28-/m1/s1. The van der Waals surface area contributed by atoms with E-state index in [0.29, 0.717) is 47.9 Å². The Labute approximate surface area is 227 Å². The first-order valence-corrected chi connectivity index (χ1v) is 13.0. The molecule has 0 aromatic heterocycles. The van der Waals surface area contributed by atoms with E-state index in [-0.39, 0.29) is 18.2 Å². The van der Waals surface area contributed by atoms with Crippen molar-refractivity contribution in [3.63, 3.8) is 0 Å². The van der Waals surface area contributed by atoms with Crippen molar-refractivity contribution in [2.24, 2.45) is 0 Å². The van der Waals surface area contributed by atoms with Gasteiger partial charge >= 0.3 is 5.97 Å². The highest BCUT2D eigenvalue weighted by Gasteiger charge is 2.32. The van der Waals surface area contributed by atoms with Crippen molar-refractivity contribution >= 4 is 17.4 Å². The fraction of sp³-hybridized carbons (Fsp3) is 0.281. The van der Waals surface area contributed by atoms with Gasteiger partial charge in [0.2, 0.25) is 0 Å². The number of allylic oxidation sites excluding steroid dienone is 2. The first-order valence-electron chi connectivity index (χ1n) is 13.0. The zero-order chi connectivity index (χ0) is 27.8. The van der Waals surface area contributed by atoms with Crippen molar-refractivity contribution in [3.05, 3.63) is 93.8 Å². The lowest BCUT2D eigenvalue weighted by Gasteiger charge is -2.19. The molecule has 3 aromatic carbocycles. The number of nitrogens with one attached hydrogen (secondary N) is 2. The maximum atomic E-state index is 15.2. The molecule has 1 aliphatic heterocycles. The third kappa shape index (κ3) is 5.21. The molecule has 0 fully saturated rings. The third-order valence-corrected chi connectivity index (χ3v) is 7.46. The van der Waals surface area contributed by atoms with E-state index in [2.05, 4.69) is 0 Å². The van der Waals surface area contributed by atoms with Crippen LogP contribution in [0.4, 0.5) is 4.39 Å². The molecule has 0 unspecified atom stereocenters. The van der Waals surface area contributed by atoms with Gasteiger partial charge in [-0.25, -0.2) is 4.39 Å². The molecule has 5 rings (SSSR count). The highest BCUT2D eigenvalue weighted by molar-refractivity contribution is 6.10. The first kappa shape index (κ1) is 26.4. The second-order valence-corrected chi connectivity index (χ2v) is 10.4. The average molecular weight is 527 g/mol. The summed E-state index contributed by atoms with van der Waals surface area (Å²) in [6.45, 7) is 6.01. The van der Waals surface area contributed by atoms with Gasteiger partial charge in [-0.1, -0.05) is 12.1 Å². The zero-order valence-corrected chi connectivity index (χ0v) is 22.2. The van der Waals surface area contributed by atoms with Crippen LogP contribution < -0.4 is 9.47 Å². The van der Waals surface area contributed by atoms with Gasteiger partial charge in [0, 0.05) is 28.8 Å². The lowest BCUT2D eigenvalue weighted by Crippen LogP contribution is -2.07. The molecule has 3 aromatic rings. The van der Waals surface area contributed by atoms with Gasteiger partial charge in [-0.2, -0.15) is 0 Å². The van der Waals surface area contributed by atoms with E-state index >= 15 is 4.39 Å². The van der Waals surface area contributed by atoms with E-state index in [1.807, 2.05) is 38.1 Å². The maximum absolute atomic E-state index is 15.2. The van der Waals surface area contributed by atoms with Gasteiger partial charge in [0.15, 0.2) is 0 Å². The number of carboxylic acid groups (broad SMARTS) is 1. The topological polar surface area (TPSA) is 103 Å². The Kier molecular flexibility index (Phi) is 7.08. The van der Waals surface area contributed by atoms with Gasteiger partial charge < -0.3 is 25.4 Å². The summed E-state index contributed by atoms with van der Waals surface area (Å²) in [5.41, 5.74) is 7.87. The summed E-state index contributed by atoms with van der Waals surface area (Å²) in [5, 5.41) is 25.1. The van der Waals surface area contributed by atoms with Crippen LogP contribution in [0.15, 0.2) is 54.6 Å². The monoisotopic (exact) mass is 526 g/mol. The minimum Gasteiger partial charge on any atom is -0.492 e. The van der Waals surface area contributed by atoms with E-state index < -0.39 is 12.1 Å². The van der Waals surface area contributed by atoms with Crippen LogP contribution in [0.5, 0.6) is 11.5 Å². The quantitative estimate of drug-likeness (QED) is 0.273. The van der Waals surface area contributed by atoms with Crippen molar-refractivity contribution < 1.29 is 23.8 Å². The predicted molar refractivity (Wildman–Crippen MR) is 149 cm³/mol. The molecule has 6 nitrogen and oxygen atoms in total. The number of rotatable bonds is 8. The fourth-order valence-corrected chi connectivity index (χ4v) is 5.75. The van der Waals surface area contributed by atoms with Crippen molar-refractivity contribution in [1.82, 2.24) is 0 Å². The summed E-state index contributed by atoms with van der Waals surface area (Å²) >= 11 is 0. The second-order valence-electron chi connectivity index (χ2n) is 10.4. The zero-order valence-electron chi connectivity index (χ0n) is 22.2. The molecule has 1 heterocycles. The van der Waals surface area contributed by atoms with E-state index in [1.165, 1.54) is 6.07 Å². The summed E-state index contributed by atoms with van der Waals surface area (Å²) in [4.78, 5) is 11.1. The Morgan fingerprint density at radius 2 is 1.87 bits per heavy atom. The number of ether oxygens (including phenoxy) is 2. The van der Waals surface area contributed by atoms with Crippen LogP contribution in [0.3, 0.4) is 0 Å². The highest BCUT2D eigenvalue weighted by atomic mass is 19.1. The van der Waals surface area contributed by atoms with Crippen LogP contribution >= 0.6 is 0 Å². The summed E-state index contributed by atoms with van der Waals surface area (Å²) in [7, 11) is 0. The van der Waals surface area contributed by atoms with Crippen LogP contribution in [0, 0.1) is 30.5 Å². The minimum absolute atomic E-state index is 0.0122. The average Bonchev–Trinajstić information content (AvgIpc) is 3.47. The molecular weight excluding hydrogens is 495 g/mol. The summed E-state index contributed by atoms with van der Waals surface area (Å²) in [6.07, 6.45) is 4.11. The first-order chi connectivity index (χ1) is 18.6. The number of benzene rings is 3. The number of aliphatic carboxylic acids is 1. The van der Waals surface area contributed by atoms with Gasteiger partial charge in [-0.3, -0.25) is 4.79 Å². The molecule has 39 heavy (non-hydrogen) atoms. The van der Waals surface area contributed by atoms with Crippen LogP contribution in [0.25, 0.3) is 11.1 Å².